The molecular formula is C12H15NO. The molecule has 0 bridgehead atoms. The minimum absolute atomic E-state index is 0.241. The molecule has 0 saturated heterocycles. The molecule has 1 aromatic carbocycles. The van der Waals surface area contributed by atoms with Gasteiger partial charge in [0.1, 0.15) is 0 Å². The predicted molar refractivity (Wildman–Crippen MR) is 55.8 cm³/mol. The van der Waals surface area contributed by atoms with Crippen molar-refractivity contribution in [2.75, 3.05) is 0 Å². The highest BCUT2D eigenvalue weighted by Gasteiger charge is 2.01. The van der Waals surface area contributed by atoms with E-state index >= 15 is 0 Å². The van der Waals surface area contributed by atoms with Crippen LogP contribution in [0.1, 0.15) is 30.5 Å². The largest absolute Gasteiger partial charge is 0.374 e. The van der Waals surface area contributed by atoms with Gasteiger partial charge in [-0.2, -0.15) is 5.26 Å². The Morgan fingerprint density at radius 3 is 2.64 bits per heavy atom. The summed E-state index contributed by atoms with van der Waals surface area (Å²) in [4.78, 5) is 0. The quantitative estimate of drug-likeness (QED) is 0.732. The molecule has 0 N–H and O–H groups in total. The van der Waals surface area contributed by atoms with Gasteiger partial charge < -0.3 is 4.74 Å². The maximum absolute atomic E-state index is 8.69. The van der Waals surface area contributed by atoms with E-state index in [0.29, 0.717) is 12.2 Å². The van der Waals surface area contributed by atoms with Gasteiger partial charge in [0.15, 0.2) is 0 Å². The fraction of sp³-hybridized carbons (Fsp3) is 0.417. The minimum atomic E-state index is 0.241. The number of ether oxygens (including phenoxy) is 1. The fourth-order valence-corrected chi connectivity index (χ4v) is 1.18. The van der Waals surface area contributed by atoms with Gasteiger partial charge in [-0.1, -0.05) is 6.07 Å². The molecule has 0 spiro atoms. The fourth-order valence-electron chi connectivity index (χ4n) is 1.18. The summed E-state index contributed by atoms with van der Waals surface area (Å²) in [6, 6.07) is 7.79. The zero-order chi connectivity index (χ0) is 10.6. The van der Waals surface area contributed by atoms with E-state index in [1.807, 2.05) is 39.0 Å². The second-order valence-electron chi connectivity index (χ2n) is 3.61. The van der Waals surface area contributed by atoms with Crippen molar-refractivity contribution < 1.29 is 4.74 Å². The SMILES string of the molecule is Cc1cc(C#N)ccc1COC(C)C. The van der Waals surface area contributed by atoms with Gasteiger partial charge in [0.05, 0.1) is 24.3 Å². The Kier molecular flexibility index (Phi) is 3.67. The maximum atomic E-state index is 8.69. The maximum Gasteiger partial charge on any atom is 0.0991 e. The number of hydrogen-bond acceptors (Lipinski definition) is 2. The molecule has 0 atom stereocenters. The zero-order valence-electron chi connectivity index (χ0n) is 8.87. The van der Waals surface area contributed by atoms with Crippen LogP contribution < -0.4 is 0 Å². The molecule has 14 heavy (non-hydrogen) atoms. The summed E-state index contributed by atoms with van der Waals surface area (Å²) >= 11 is 0. The van der Waals surface area contributed by atoms with E-state index in [-0.39, 0.29) is 6.10 Å². The second-order valence-corrected chi connectivity index (χ2v) is 3.61. The van der Waals surface area contributed by atoms with Gasteiger partial charge in [-0.05, 0) is 44.0 Å². The molecule has 0 saturated carbocycles. The molecule has 0 aromatic heterocycles. The number of hydrogen-bond donors (Lipinski definition) is 0. The standard InChI is InChI=1S/C12H15NO/c1-9(2)14-8-12-5-4-11(7-13)6-10(12)3/h4-6,9H,8H2,1-3H3. The Hall–Kier alpha value is -1.33. The lowest BCUT2D eigenvalue weighted by molar-refractivity contribution is 0.0654. The number of nitrogens with zero attached hydrogens (tertiary/aromatic N) is 1. The first-order valence-electron chi connectivity index (χ1n) is 4.74. The normalized spacial score (nSPS) is 10.2. The molecule has 0 unspecified atom stereocenters. The van der Waals surface area contributed by atoms with Gasteiger partial charge in [-0.25, -0.2) is 0 Å². The van der Waals surface area contributed by atoms with Crippen LogP contribution in [0.2, 0.25) is 0 Å². The molecule has 1 aromatic rings. The van der Waals surface area contributed by atoms with Crippen LogP contribution in [-0.2, 0) is 11.3 Å². The topological polar surface area (TPSA) is 33.0 Å². The summed E-state index contributed by atoms with van der Waals surface area (Å²) in [7, 11) is 0. The first-order valence-corrected chi connectivity index (χ1v) is 4.74. The zero-order valence-corrected chi connectivity index (χ0v) is 8.87. The summed E-state index contributed by atoms with van der Waals surface area (Å²) in [6.07, 6.45) is 0.241. The van der Waals surface area contributed by atoms with Crippen molar-refractivity contribution in [3.8, 4) is 6.07 Å². The minimum Gasteiger partial charge on any atom is -0.374 e. The Morgan fingerprint density at radius 1 is 1.43 bits per heavy atom. The van der Waals surface area contributed by atoms with Crippen LogP contribution in [0.25, 0.3) is 0 Å². The highest BCUT2D eigenvalue weighted by Crippen LogP contribution is 2.12. The second kappa shape index (κ2) is 4.78. The highest BCUT2D eigenvalue weighted by molar-refractivity contribution is 5.37. The van der Waals surface area contributed by atoms with Crippen LogP contribution in [0.15, 0.2) is 18.2 Å². The van der Waals surface area contributed by atoms with Crippen LogP contribution in [0.4, 0.5) is 0 Å². The average molecular weight is 189 g/mol. The van der Waals surface area contributed by atoms with E-state index in [1.54, 1.807) is 0 Å². The van der Waals surface area contributed by atoms with Crippen LogP contribution >= 0.6 is 0 Å². The van der Waals surface area contributed by atoms with Gasteiger partial charge in [-0.3, -0.25) is 0 Å². The molecule has 74 valence electrons. The van der Waals surface area contributed by atoms with Gasteiger partial charge in [-0.15, -0.1) is 0 Å². The molecular weight excluding hydrogens is 174 g/mol. The van der Waals surface area contributed by atoms with Gasteiger partial charge >= 0.3 is 0 Å². The number of aryl methyl sites for hydroxylation is 1. The lowest BCUT2D eigenvalue weighted by Gasteiger charge is -2.09. The van der Waals surface area contributed by atoms with Crippen molar-refractivity contribution >= 4 is 0 Å². The van der Waals surface area contributed by atoms with E-state index in [1.165, 1.54) is 0 Å². The Morgan fingerprint density at radius 2 is 2.14 bits per heavy atom. The van der Waals surface area contributed by atoms with E-state index in [4.69, 9.17) is 10.00 Å². The highest BCUT2D eigenvalue weighted by atomic mass is 16.5. The first-order chi connectivity index (χ1) is 6.63. The van der Waals surface area contributed by atoms with E-state index in [0.717, 1.165) is 11.1 Å². The van der Waals surface area contributed by atoms with E-state index < -0.39 is 0 Å². The number of nitriles is 1. The molecule has 0 fully saturated rings. The summed E-state index contributed by atoms with van der Waals surface area (Å²) in [6.45, 7) is 6.65. The molecule has 0 amide bonds. The Bertz CT molecular complexity index is 350. The first kappa shape index (κ1) is 10.7. The van der Waals surface area contributed by atoms with Crippen molar-refractivity contribution in [2.24, 2.45) is 0 Å². The van der Waals surface area contributed by atoms with Gasteiger partial charge in [0, 0.05) is 0 Å². The Labute approximate surface area is 85.1 Å². The lowest BCUT2D eigenvalue weighted by Crippen LogP contribution is -2.03. The molecule has 0 heterocycles. The van der Waals surface area contributed by atoms with Crippen LogP contribution in [0.5, 0.6) is 0 Å². The third-order valence-corrected chi connectivity index (χ3v) is 2.04. The summed E-state index contributed by atoms with van der Waals surface area (Å²) < 4.78 is 5.50. The van der Waals surface area contributed by atoms with E-state index in [9.17, 15) is 0 Å². The third kappa shape index (κ3) is 2.86. The third-order valence-electron chi connectivity index (χ3n) is 2.04. The molecule has 2 heteroatoms. The summed E-state index contributed by atoms with van der Waals surface area (Å²) in [5, 5.41) is 8.69. The van der Waals surface area contributed by atoms with E-state index in [2.05, 4.69) is 6.07 Å². The summed E-state index contributed by atoms with van der Waals surface area (Å²) in [5.74, 6) is 0. The molecule has 0 aliphatic carbocycles. The monoisotopic (exact) mass is 189 g/mol. The summed E-state index contributed by atoms with van der Waals surface area (Å²) in [5.41, 5.74) is 2.97. The average Bonchev–Trinajstić information content (AvgIpc) is 2.15. The van der Waals surface area contributed by atoms with Crippen LogP contribution in [-0.4, -0.2) is 6.10 Å². The number of benzene rings is 1. The van der Waals surface area contributed by atoms with Crippen molar-refractivity contribution in [3.63, 3.8) is 0 Å². The number of rotatable bonds is 3. The lowest BCUT2D eigenvalue weighted by atomic mass is 10.1. The molecule has 0 aliphatic rings. The predicted octanol–water partition coefficient (Wildman–Crippen LogP) is 2.79. The molecule has 2 nitrogen and oxygen atoms in total. The van der Waals surface area contributed by atoms with Gasteiger partial charge in [0.2, 0.25) is 0 Å². The molecule has 0 aliphatic heterocycles. The smallest absolute Gasteiger partial charge is 0.0991 e. The van der Waals surface area contributed by atoms with Crippen molar-refractivity contribution in [2.45, 2.75) is 33.5 Å². The van der Waals surface area contributed by atoms with Crippen LogP contribution in [0.3, 0.4) is 0 Å². The van der Waals surface area contributed by atoms with Crippen LogP contribution in [0, 0.1) is 18.3 Å². The van der Waals surface area contributed by atoms with Crippen molar-refractivity contribution in [1.82, 2.24) is 0 Å². The molecule has 1 rings (SSSR count). The van der Waals surface area contributed by atoms with Gasteiger partial charge in [0.25, 0.3) is 0 Å². The van der Waals surface area contributed by atoms with Crippen molar-refractivity contribution in [1.29, 1.82) is 5.26 Å². The molecule has 0 radical (unpaired) electrons. The Balaban J connectivity index is 2.75. The van der Waals surface area contributed by atoms with Crippen molar-refractivity contribution in [3.05, 3.63) is 34.9 Å².